The minimum Gasteiger partial charge on any atom is -0.505 e. The lowest BCUT2D eigenvalue weighted by Gasteiger charge is -2.15. The van der Waals surface area contributed by atoms with Crippen molar-refractivity contribution in [3.8, 4) is 23.0 Å². The molecule has 1 unspecified atom stereocenters. The number of azo groups is 4. The molecule has 0 spiro atoms. The van der Waals surface area contributed by atoms with Crippen molar-refractivity contribution in [3.05, 3.63) is 117 Å². The summed E-state index contributed by atoms with van der Waals surface area (Å²) in [5.74, 6) is 1.79. The number of fused-ring (bicyclic) bond motifs is 3. The Morgan fingerprint density at radius 3 is 1.61 bits per heavy atom. The number of non-ortho nitro benzene ring substituents is 2. The monoisotopic (exact) mass is 1290 g/mol. The first-order valence-corrected chi connectivity index (χ1v) is 28.6. The Labute approximate surface area is 481 Å². The molecule has 37 nitrogen and oxygen atoms in total. The lowest BCUT2D eigenvalue weighted by Crippen LogP contribution is -2.12. The second-order valence-corrected chi connectivity index (χ2v) is 22.5. The lowest BCUT2D eigenvalue weighted by atomic mass is 10.0. The van der Waals surface area contributed by atoms with E-state index in [0.717, 1.165) is 66.7 Å². The van der Waals surface area contributed by atoms with E-state index in [2.05, 4.69) is 63.9 Å². The van der Waals surface area contributed by atoms with Crippen LogP contribution in [-0.4, -0.2) is 78.8 Å². The number of anilines is 1. The Morgan fingerprint density at radius 1 is 0.541 bits per heavy atom. The van der Waals surface area contributed by atoms with Gasteiger partial charge in [0.2, 0.25) is 0 Å². The smallest absolute Gasteiger partial charge is 0.357 e. The van der Waals surface area contributed by atoms with Gasteiger partial charge in [0.05, 0.1) is 66.2 Å². The van der Waals surface area contributed by atoms with E-state index < -0.39 is 140 Å². The molecule has 0 radical (unpaired) electrons. The number of nitro benzene ring substituents is 2. The van der Waals surface area contributed by atoms with Gasteiger partial charge in [-0.3, -0.25) is 33.9 Å². The molecule has 0 aliphatic rings. The van der Waals surface area contributed by atoms with Crippen molar-refractivity contribution in [3.63, 3.8) is 0 Å². The standard InChI is InChI=1S/C42H28N12O25S6/c43-35-34-19(14-33(85(72,73)75-44)38(35)51-46-21-2-6-25-18(10-21)13-32(84(69,70)71)39(41(25)56)52-47-26-7-3-22(53(58)59)15-29(26)80-78-76-62)11-28(74-82(64)65)36(42(34)57)49-45-20-1-5-24-17(9-20)12-30(81-79-77-63)37(40(24)55)50-48-27-8-4-23(54(60)61)16-31(27)83(66,67)68/h1-16,55-57,62-63H,43-44H2,(H,64,65)(H,66,67,68)(H,69,70,71). The third-order valence-corrected chi connectivity index (χ3v) is 15.6. The molecule has 0 saturated heterocycles. The van der Waals surface area contributed by atoms with E-state index in [0.29, 0.717) is 6.07 Å². The highest BCUT2D eigenvalue weighted by Gasteiger charge is 2.29. The Bertz CT molecular complexity index is 4620. The van der Waals surface area contributed by atoms with E-state index in [4.69, 9.17) is 26.3 Å². The second-order valence-electron chi connectivity index (χ2n) is 16.1. The Morgan fingerprint density at radius 2 is 1.05 bits per heavy atom. The average molecular weight is 1290 g/mol. The summed E-state index contributed by atoms with van der Waals surface area (Å²) in [5, 5.41) is 112. The number of nitrogens with zero attached hydrogens (tertiary/aromatic N) is 10. The molecule has 0 heterocycles. The summed E-state index contributed by atoms with van der Waals surface area (Å²) in [6.45, 7) is 0. The van der Waals surface area contributed by atoms with E-state index in [1.165, 1.54) is 24.3 Å². The molecule has 0 saturated carbocycles. The molecule has 0 aliphatic carbocycles. The molecular weight excluding hydrogens is 1260 g/mol. The van der Waals surface area contributed by atoms with E-state index in [1.807, 2.05) is 0 Å². The fourth-order valence-corrected chi connectivity index (χ4v) is 10.9. The molecule has 0 aromatic heterocycles. The first-order chi connectivity index (χ1) is 40.1. The average Bonchev–Trinajstić information content (AvgIpc) is 1.36. The number of nitrogens with two attached hydrogens (primary N) is 2. The van der Waals surface area contributed by atoms with Crippen LogP contribution in [0.5, 0.6) is 23.0 Å². The number of nitrogen functional groups attached to an aromatic ring is 1. The first-order valence-electron chi connectivity index (χ1n) is 21.8. The molecule has 8 aromatic carbocycles. The number of aromatic hydroxyl groups is 3. The minimum absolute atomic E-state index is 0.0338. The predicted molar refractivity (Wildman–Crippen MR) is 289 cm³/mol. The summed E-state index contributed by atoms with van der Waals surface area (Å²) in [4.78, 5) is 17.4. The zero-order valence-electron chi connectivity index (χ0n) is 40.8. The van der Waals surface area contributed by atoms with Gasteiger partial charge in [-0.15, -0.1) is 39.4 Å². The molecule has 8 rings (SSSR count). The Hall–Kier alpha value is -9.00. The summed E-state index contributed by atoms with van der Waals surface area (Å²) in [6.07, 6.45) is 0. The van der Waals surface area contributed by atoms with Crippen molar-refractivity contribution in [2.75, 3.05) is 5.73 Å². The van der Waals surface area contributed by atoms with Crippen LogP contribution in [0.25, 0.3) is 32.3 Å². The normalized spacial score (nSPS) is 12.9. The lowest BCUT2D eigenvalue weighted by molar-refractivity contribution is -0.432. The highest BCUT2D eigenvalue weighted by atomic mass is 32.2. The van der Waals surface area contributed by atoms with Gasteiger partial charge in [0.25, 0.3) is 31.6 Å². The van der Waals surface area contributed by atoms with E-state index >= 15 is 0 Å². The maximum absolute atomic E-state index is 13.3. The number of rotatable bonds is 22. The molecule has 0 bridgehead atoms. The van der Waals surface area contributed by atoms with Crippen molar-refractivity contribution in [1.29, 1.82) is 0 Å². The van der Waals surface area contributed by atoms with E-state index in [9.17, 15) is 78.7 Å². The molecule has 12 N–H and O–H groups in total. The van der Waals surface area contributed by atoms with Gasteiger partial charge in [0.15, 0.2) is 28.7 Å². The van der Waals surface area contributed by atoms with Gasteiger partial charge < -0.3 is 25.2 Å². The number of phenols is 3. The van der Waals surface area contributed by atoms with Crippen LogP contribution in [0.3, 0.4) is 0 Å². The third-order valence-electron chi connectivity index (χ3n) is 11.2. The molecule has 1 atom stereocenters. The third kappa shape index (κ3) is 13.5. The van der Waals surface area contributed by atoms with Gasteiger partial charge in [0.1, 0.15) is 43.1 Å². The van der Waals surface area contributed by atoms with E-state index in [-0.39, 0.29) is 77.9 Å². The number of hydrogen-bond acceptors (Lipinski definition) is 34. The van der Waals surface area contributed by atoms with Crippen LogP contribution in [0.15, 0.2) is 162 Å². The molecule has 0 aliphatic heterocycles. The van der Waals surface area contributed by atoms with Gasteiger partial charge in [-0.1, -0.05) is 10.1 Å². The van der Waals surface area contributed by atoms with Crippen LogP contribution in [0.1, 0.15) is 0 Å². The largest absolute Gasteiger partial charge is 0.505 e. The van der Waals surface area contributed by atoms with Gasteiger partial charge in [-0.2, -0.15) is 49.9 Å². The SMILES string of the molecule is NOS(=O)(=O)c1cc2cc(OS(=O)O)c(N=Nc3ccc4c(O)c(N=Nc5ccc([N+](=O)[O-])cc5S(=O)(=O)O)c(SOOO)cc4c3)c(O)c2c(N)c1N=Nc1ccc2c(O)c(N=Nc3ccc([N+](=O)[O-])cc3SOOO)c(S(=O)(=O)O)cc2c1. The first kappa shape index (κ1) is 62.1. The van der Waals surface area contributed by atoms with E-state index in [1.54, 1.807) is 0 Å². The minimum atomic E-state index is -5.27. The number of hydrogen-bond donors (Lipinski definition) is 10. The van der Waals surface area contributed by atoms with Crippen molar-refractivity contribution >= 4 is 161 Å². The highest BCUT2D eigenvalue weighted by molar-refractivity contribution is 7.95. The molecule has 43 heteroatoms. The van der Waals surface area contributed by atoms with Crippen LogP contribution in [-0.2, 0) is 64.7 Å². The quantitative estimate of drug-likeness (QED) is 0.00440. The van der Waals surface area contributed by atoms with Gasteiger partial charge in [0, 0.05) is 35.0 Å². The molecule has 442 valence electrons. The van der Waals surface area contributed by atoms with Gasteiger partial charge in [-0.25, -0.2) is 10.5 Å². The van der Waals surface area contributed by atoms with Crippen LogP contribution < -0.4 is 15.8 Å². The molecule has 0 fully saturated rings. The zero-order valence-corrected chi connectivity index (χ0v) is 45.7. The Balaban J connectivity index is 1.20. The van der Waals surface area contributed by atoms with Crippen molar-refractivity contribution in [2.45, 2.75) is 24.5 Å². The topological polar surface area (TPSA) is 574 Å². The second kappa shape index (κ2) is 25.1. The van der Waals surface area contributed by atoms with Gasteiger partial charge in [-0.05, 0) is 89.0 Å². The van der Waals surface area contributed by atoms with Crippen LogP contribution in [0.2, 0.25) is 0 Å². The highest BCUT2D eigenvalue weighted by Crippen LogP contribution is 2.52. The summed E-state index contributed by atoms with van der Waals surface area (Å²) >= 11 is -2.72. The summed E-state index contributed by atoms with van der Waals surface area (Å²) < 4.78 is 136. The summed E-state index contributed by atoms with van der Waals surface area (Å²) in [7, 11) is -15.5. The number of benzene rings is 8. The van der Waals surface area contributed by atoms with Crippen molar-refractivity contribution in [2.24, 2.45) is 46.8 Å². The molecule has 0 amide bonds. The summed E-state index contributed by atoms with van der Waals surface area (Å²) in [6, 6.07) is 15.9. The predicted octanol–water partition coefficient (Wildman–Crippen LogP) is 10.8. The van der Waals surface area contributed by atoms with Crippen molar-refractivity contribution < 1.29 is 106 Å². The summed E-state index contributed by atoms with van der Waals surface area (Å²) in [5.41, 5.74) is 0.474. The fraction of sp³-hybridized carbons (Fsp3) is 0. The zero-order chi connectivity index (χ0) is 61.9. The molecule has 8 aromatic rings. The van der Waals surface area contributed by atoms with Crippen LogP contribution in [0.4, 0.5) is 62.6 Å². The molecule has 85 heavy (non-hydrogen) atoms. The molecular formula is C42H28N12O25S6. The number of phenolic OH excluding ortho intramolecular Hbond substituents is 3. The Kier molecular flexibility index (Phi) is 18.3. The maximum atomic E-state index is 13.3. The van der Waals surface area contributed by atoms with Crippen LogP contribution >= 0.6 is 24.1 Å². The maximum Gasteiger partial charge on any atom is 0.357 e. The van der Waals surface area contributed by atoms with Gasteiger partial charge >= 0.3 is 21.5 Å². The van der Waals surface area contributed by atoms with Crippen LogP contribution in [0, 0.1) is 20.2 Å². The number of nitro groups is 2. The van der Waals surface area contributed by atoms with Crippen molar-refractivity contribution in [1.82, 2.24) is 0 Å². The fourth-order valence-electron chi connectivity index (χ4n) is 7.55.